The number of unbranched alkanes of at least 4 members (excludes halogenated alkanes) is 1. The Bertz CT molecular complexity index is 1100. The molecule has 0 saturated heterocycles. The molecule has 0 fully saturated rings. The minimum absolute atomic E-state index is 0.125. The van der Waals surface area contributed by atoms with Crippen LogP contribution in [-0.4, -0.2) is 19.0 Å². The van der Waals surface area contributed by atoms with E-state index in [9.17, 15) is 9.59 Å². The fourth-order valence-electron chi connectivity index (χ4n) is 3.96. The first-order chi connectivity index (χ1) is 16.6. The molecule has 0 unspecified atom stereocenters. The molecule has 0 aliphatic heterocycles. The first kappa shape index (κ1) is 25.0. The van der Waals surface area contributed by atoms with E-state index in [1.54, 1.807) is 12.1 Å². The van der Waals surface area contributed by atoms with Crippen LogP contribution in [0.25, 0.3) is 11.1 Å². The molecule has 34 heavy (non-hydrogen) atoms. The highest BCUT2D eigenvalue weighted by atomic mass is 16.5. The molecule has 0 spiro atoms. The zero-order valence-corrected chi connectivity index (χ0v) is 20.2. The van der Waals surface area contributed by atoms with Crippen molar-refractivity contribution in [3.63, 3.8) is 0 Å². The number of hydrogen-bond acceptors (Lipinski definition) is 3. The van der Waals surface area contributed by atoms with Gasteiger partial charge < -0.3 is 10.1 Å². The number of carbonyl (C=O) groups excluding carboxylic acids is 2. The minimum Gasteiger partial charge on any atom is -0.465 e. The van der Waals surface area contributed by atoms with Gasteiger partial charge in [0.05, 0.1) is 18.7 Å². The maximum Gasteiger partial charge on any atom is 0.337 e. The van der Waals surface area contributed by atoms with Crippen LogP contribution in [-0.2, 0) is 4.74 Å². The van der Waals surface area contributed by atoms with E-state index >= 15 is 0 Å². The van der Waals surface area contributed by atoms with Crippen molar-refractivity contribution in [2.75, 3.05) is 7.11 Å². The first-order valence-corrected chi connectivity index (χ1v) is 11.9. The summed E-state index contributed by atoms with van der Waals surface area (Å²) in [5, 5.41) is 3.24. The van der Waals surface area contributed by atoms with Crippen LogP contribution in [0.15, 0.2) is 90.5 Å². The molecule has 0 saturated carbocycles. The monoisotopic (exact) mass is 455 g/mol. The fraction of sp³-hybridized carbons (Fsp3) is 0.267. The molecule has 3 aromatic carbocycles. The lowest BCUT2D eigenvalue weighted by Gasteiger charge is -2.23. The molecule has 1 atom stereocenters. The standard InChI is InChI=1S/C30H33NO3/c1-4-6-11-24(10-5-2)28(25-16-20-27(21-17-25)30(33)34-3)31-29(32)26-18-14-23(15-19-26)22-12-8-7-9-13-22/h7-9,11-21,28H,4-6,10H2,1-3H3,(H,31,32)/t28-/m1/s1. The Balaban J connectivity index is 1.88. The van der Waals surface area contributed by atoms with E-state index in [2.05, 4.69) is 37.4 Å². The summed E-state index contributed by atoms with van der Waals surface area (Å²) in [6, 6.07) is 24.8. The molecule has 3 aromatic rings. The highest BCUT2D eigenvalue weighted by Crippen LogP contribution is 2.28. The Kier molecular flexibility index (Phi) is 9.21. The molecule has 0 aromatic heterocycles. The molecule has 3 rings (SSSR count). The number of hydrogen-bond donors (Lipinski definition) is 1. The van der Waals surface area contributed by atoms with Crippen LogP contribution in [0.3, 0.4) is 0 Å². The molecule has 4 heteroatoms. The molecule has 4 nitrogen and oxygen atoms in total. The summed E-state index contributed by atoms with van der Waals surface area (Å²) in [5.74, 6) is -0.499. The van der Waals surface area contributed by atoms with Crippen molar-refractivity contribution in [1.29, 1.82) is 0 Å². The summed E-state index contributed by atoms with van der Waals surface area (Å²) in [5.41, 5.74) is 5.42. The molecule has 0 radical (unpaired) electrons. The maximum absolute atomic E-state index is 13.3. The summed E-state index contributed by atoms with van der Waals surface area (Å²) in [4.78, 5) is 25.1. The SMILES string of the molecule is CCCC=C(CCC)[C@@H](NC(=O)c1ccc(-c2ccccc2)cc1)c1ccc(C(=O)OC)cc1. The van der Waals surface area contributed by atoms with Gasteiger partial charge in [0, 0.05) is 5.56 Å². The lowest BCUT2D eigenvalue weighted by molar-refractivity contribution is 0.0600. The topological polar surface area (TPSA) is 55.4 Å². The van der Waals surface area contributed by atoms with Crippen LogP contribution < -0.4 is 5.32 Å². The number of methoxy groups -OCH3 is 1. The fourth-order valence-corrected chi connectivity index (χ4v) is 3.96. The molecule has 0 heterocycles. The van der Waals surface area contributed by atoms with Crippen molar-refractivity contribution >= 4 is 11.9 Å². The van der Waals surface area contributed by atoms with Gasteiger partial charge in [0.1, 0.15) is 0 Å². The minimum atomic E-state index is -0.374. The number of amides is 1. The molecule has 1 N–H and O–H groups in total. The van der Waals surface area contributed by atoms with Crippen molar-refractivity contribution in [1.82, 2.24) is 5.32 Å². The number of esters is 1. The molecule has 1 amide bonds. The van der Waals surface area contributed by atoms with Crippen molar-refractivity contribution < 1.29 is 14.3 Å². The summed E-state index contributed by atoms with van der Waals surface area (Å²) in [6.07, 6.45) is 6.09. The van der Waals surface area contributed by atoms with Gasteiger partial charge in [-0.1, -0.05) is 87.4 Å². The Morgan fingerprint density at radius 2 is 1.44 bits per heavy atom. The largest absolute Gasteiger partial charge is 0.465 e. The van der Waals surface area contributed by atoms with Gasteiger partial charge in [-0.15, -0.1) is 0 Å². The number of benzene rings is 3. The van der Waals surface area contributed by atoms with Gasteiger partial charge in [0.15, 0.2) is 0 Å². The quantitative estimate of drug-likeness (QED) is 0.261. The first-order valence-electron chi connectivity index (χ1n) is 11.9. The lowest BCUT2D eigenvalue weighted by atomic mass is 9.93. The average Bonchev–Trinajstić information content (AvgIpc) is 2.90. The van der Waals surface area contributed by atoms with E-state index in [0.29, 0.717) is 11.1 Å². The van der Waals surface area contributed by atoms with Gasteiger partial charge in [0.25, 0.3) is 5.91 Å². The highest BCUT2D eigenvalue weighted by Gasteiger charge is 2.20. The van der Waals surface area contributed by atoms with E-state index in [0.717, 1.165) is 42.4 Å². The number of rotatable bonds is 10. The van der Waals surface area contributed by atoms with Crippen LogP contribution in [0.4, 0.5) is 0 Å². The van der Waals surface area contributed by atoms with E-state index in [-0.39, 0.29) is 17.9 Å². The Hall–Kier alpha value is -3.66. The summed E-state index contributed by atoms with van der Waals surface area (Å²) in [6.45, 7) is 4.29. The van der Waals surface area contributed by atoms with Crippen molar-refractivity contribution in [3.8, 4) is 11.1 Å². The third-order valence-corrected chi connectivity index (χ3v) is 5.80. The van der Waals surface area contributed by atoms with Crippen LogP contribution >= 0.6 is 0 Å². The number of nitrogens with one attached hydrogen (secondary N) is 1. The summed E-state index contributed by atoms with van der Waals surface area (Å²) in [7, 11) is 1.37. The number of allylic oxidation sites excluding steroid dienone is 1. The number of ether oxygens (including phenoxy) is 1. The van der Waals surface area contributed by atoms with Crippen LogP contribution in [0, 0.1) is 0 Å². The van der Waals surface area contributed by atoms with Gasteiger partial charge in [0.2, 0.25) is 0 Å². The van der Waals surface area contributed by atoms with Crippen molar-refractivity contribution in [2.45, 2.75) is 45.6 Å². The Morgan fingerprint density at radius 3 is 2.03 bits per heavy atom. The number of carbonyl (C=O) groups is 2. The third kappa shape index (κ3) is 6.44. The molecular weight excluding hydrogens is 422 g/mol. The van der Waals surface area contributed by atoms with E-state index in [4.69, 9.17) is 4.74 Å². The highest BCUT2D eigenvalue weighted by molar-refractivity contribution is 5.95. The lowest BCUT2D eigenvalue weighted by Crippen LogP contribution is -2.30. The van der Waals surface area contributed by atoms with E-state index in [1.165, 1.54) is 12.7 Å². The second kappa shape index (κ2) is 12.5. The predicted octanol–water partition coefficient (Wildman–Crippen LogP) is 7.14. The molecule has 0 aliphatic rings. The van der Waals surface area contributed by atoms with E-state index < -0.39 is 0 Å². The van der Waals surface area contributed by atoms with E-state index in [1.807, 2.05) is 54.6 Å². The maximum atomic E-state index is 13.3. The Morgan fingerprint density at radius 1 is 0.824 bits per heavy atom. The van der Waals surface area contributed by atoms with Crippen LogP contribution in [0.1, 0.15) is 71.9 Å². The van der Waals surface area contributed by atoms with Crippen molar-refractivity contribution in [3.05, 3.63) is 107 Å². The molecule has 0 aliphatic carbocycles. The third-order valence-electron chi connectivity index (χ3n) is 5.80. The zero-order valence-electron chi connectivity index (χ0n) is 20.2. The van der Waals surface area contributed by atoms with Gasteiger partial charge in [-0.25, -0.2) is 4.79 Å². The second-order valence-electron chi connectivity index (χ2n) is 8.28. The molecule has 176 valence electrons. The summed E-state index contributed by atoms with van der Waals surface area (Å²) >= 11 is 0. The normalized spacial score (nSPS) is 12.1. The average molecular weight is 456 g/mol. The van der Waals surface area contributed by atoms with Crippen LogP contribution in [0.5, 0.6) is 0 Å². The Labute approximate surface area is 202 Å². The predicted molar refractivity (Wildman–Crippen MR) is 138 cm³/mol. The zero-order chi connectivity index (χ0) is 24.3. The summed E-state index contributed by atoms with van der Waals surface area (Å²) < 4.78 is 4.82. The van der Waals surface area contributed by atoms with Gasteiger partial charge in [-0.3, -0.25) is 4.79 Å². The second-order valence-corrected chi connectivity index (χ2v) is 8.28. The van der Waals surface area contributed by atoms with Gasteiger partial charge >= 0.3 is 5.97 Å². The smallest absolute Gasteiger partial charge is 0.337 e. The van der Waals surface area contributed by atoms with Crippen molar-refractivity contribution in [2.24, 2.45) is 0 Å². The van der Waals surface area contributed by atoms with Gasteiger partial charge in [-0.05, 0) is 59.4 Å². The van der Waals surface area contributed by atoms with Crippen LogP contribution in [0.2, 0.25) is 0 Å². The van der Waals surface area contributed by atoms with Gasteiger partial charge in [-0.2, -0.15) is 0 Å². The molecular formula is C30H33NO3. The molecule has 0 bridgehead atoms.